The Balaban J connectivity index is 2.32. The summed E-state index contributed by atoms with van der Waals surface area (Å²) in [7, 11) is 0. The van der Waals surface area contributed by atoms with Gasteiger partial charge in [-0.05, 0) is 6.42 Å². The average Bonchev–Trinajstić information content (AvgIpc) is 2.64. The van der Waals surface area contributed by atoms with Gasteiger partial charge in [-0.2, -0.15) is 0 Å². The molecule has 0 fully saturated rings. The Morgan fingerprint density at radius 2 is 2.25 bits per heavy atom. The second kappa shape index (κ2) is 4.26. The average molecular weight is 219 g/mol. The van der Waals surface area contributed by atoms with E-state index in [1.165, 1.54) is 6.33 Å². The molecule has 16 heavy (non-hydrogen) atoms. The summed E-state index contributed by atoms with van der Waals surface area (Å²) in [6.07, 6.45) is 4.37. The smallest absolute Gasteiger partial charge is 0.165 e. The third kappa shape index (κ3) is 1.86. The summed E-state index contributed by atoms with van der Waals surface area (Å²) in [5.41, 5.74) is 6.80. The van der Waals surface area contributed by atoms with Crippen molar-refractivity contribution in [2.24, 2.45) is 0 Å². The van der Waals surface area contributed by atoms with E-state index in [0.29, 0.717) is 29.9 Å². The van der Waals surface area contributed by atoms with Crippen molar-refractivity contribution in [3.05, 3.63) is 12.7 Å². The molecule has 2 N–H and O–H groups in total. The van der Waals surface area contributed by atoms with Crippen molar-refractivity contribution in [2.75, 3.05) is 5.73 Å². The van der Waals surface area contributed by atoms with Crippen LogP contribution in [0.1, 0.15) is 19.8 Å². The second-order valence-electron chi connectivity index (χ2n) is 3.59. The molecule has 0 aliphatic rings. The lowest BCUT2D eigenvalue weighted by Crippen LogP contribution is -2.09. The van der Waals surface area contributed by atoms with E-state index < -0.39 is 0 Å². The minimum atomic E-state index is 0.166. The van der Waals surface area contributed by atoms with Crippen molar-refractivity contribution in [1.82, 2.24) is 19.5 Å². The molecule has 0 aliphatic heterocycles. The van der Waals surface area contributed by atoms with Gasteiger partial charge in [0.05, 0.1) is 12.9 Å². The van der Waals surface area contributed by atoms with Gasteiger partial charge in [0, 0.05) is 6.42 Å². The van der Waals surface area contributed by atoms with Crippen LogP contribution in [-0.2, 0) is 11.3 Å². The molecule has 6 heteroatoms. The zero-order chi connectivity index (χ0) is 11.5. The number of nitrogens with zero attached hydrogens (tertiary/aromatic N) is 4. The van der Waals surface area contributed by atoms with Crippen molar-refractivity contribution in [3.8, 4) is 0 Å². The number of rotatable bonds is 4. The number of fused-ring (bicyclic) bond motifs is 1. The minimum Gasteiger partial charge on any atom is -0.382 e. The van der Waals surface area contributed by atoms with Crippen LogP contribution in [0, 0.1) is 0 Å². The number of carbonyl (C=O) groups excluding carboxylic acids is 1. The van der Waals surface area contributed by atoms with E-state index >= 15 is 0 Å². The van der Waals surface area contributed by atoms with Crippen molar-refractivity contribution < 1.29 is 4.79 Å². The van der Waals surface area contributed by atoms with Crippen LogP contribution in [0.2, 0.25) is 0 Å². The maximum absolute atomic E-state index is 11.5. The molecule has 6 nitrogen and oxygen atoms in total. The highest BCUT2D eigenvalue weighted by molar-refractivity contribution is 5.84. The summed E-state index contributed by atoms with van der Waals surface area (Å²) in [6, 6.07) is 0. The third-order valence-electron chi connectivity index (χ3n) is 2.31. The Kier molecular flexibility index (Phi) is 2.80. The number of anilines is 1. The first-order valence-electron chi connectivity index (χ1n) is 5.15. The van der Waals surface area contributed by atoms with E-state index in [9.17, 15) is 4.79 Å². The summed E-state index contributed by atoms with van der Waals surface area (Å²) < 4.78 is 1.70. The number of ketones is 1. The van der Waals surface area contributed by atoms with Gasteiger partial charge in [0.15, 0.2) is 17.2 Å². The van der Waals surface area contributed by atoms with Crippen LogP contribution in [0.4, 0.5) is 5.82 Å². The van der Waals surface area contributed by atoms with Gasteiger partial charge in [-0.1, -0.05) is 6.92 Å². The molecule has 0 saturated heterocycles. The quantitative estimate of drug-likeness (QED) is 0.821. The molecular weight excluding hydrogens is 206 g/mol. The zero-order valence-corrected chi connectivity index (χ0v) is 9.05. The number of Topliss-reactive ketones (excluding diaryl/α,β-unsaturated/α-hetero) is 1. The summed E-state index contributed by atoms with van der Waals surface area (Å²) in [6.45, 7) is 2.27. The van der Waals surface area contributed by atoms with E-state index in [1.54, 1.807) is 10.9 Å². The fourth-order valence-corrected chi connectivity index (χ4v) is 1.56. The molecule has 2 heterocycles. The molecule has 0 radical (unpaired) electrons. The number of nitrogen functional groups attached to an aromatic ring is 1. The largest absolute Gasteiger partial charge is 0.382 e. The fraction of sp³-hybridized carbons (Fsp3) is 0.400. The number of hydrogen-bond acceptors (Lipinski definition) is 5. The molecule has 2 aromatic rings. The molecule has 84 valence electrons. The molecule has 0 aromatic carbocycles. The third-order valence-corrected chi connectivity index (χ3v) is 2.31. The number of hydrogen-bond donors (Lipinski definition) is 1. The normalized spacial score (nSPS) is 10.8. The van der Waals surface area contributed by atoms with Gasteiger partial charge < -0.3 is 10.3 Å². The highest BCUT2D eigenvalue weighted by atomic mass is 16.1. The summed E-state index contributed by atoms with van der Waals surface area (Å²) in [5, 5.41) is 0. The molecular formula is C10H13N5O. The van der Waals surface area contributed by atoms with E-state index in [1.807, 2.05) is 6.92 Å². The Hall–Kier alpha value is -1.98. The SMILES string of the molecule is CCCC(=O)Cn1cnc2c(N)ncnc21. The van der Waals surface area contributed by atoms with Crippen molar-refractivity contribution in [3.63, 3.8) is 0 Å². The molecule has 2 rings (SSSR count). The standard InChI is InChI=1S/C10H13N5O/c1-2-3-7(16)4-15-6-14-8-9(11)12-5-13-10(8)15/h5-6H,2-4H2,1H3,(H2,11,12,13). The first-order chi connectivity index (χ1) is 7.72. The van der Waals surface area contributed by atoms with Crippen molar-refractivity contribution in [2.45, 2.75) is 26.3 Å². The lowest BCUT2D eigenvalue weighted by atomic mass is 10.2. The van der Waals surface area contributed by atoms with Crippen LogP contribution in [-0.4, -0.2) is 25.3 Å². The molecule has 0 saturated carbocycles. The lowest BCUT2D eigenvalue weighted by molar-refractivity contribution is -0.119. The number of aromatic nitrogens is 4. The van der Waals surface area contributed by atoms with Crippen LogP contribution >= 0.6 is 0 Å². The van der Waals surface area contributed by atoms with Gasteiger partial charge in [0.2, 0.25) is 0 Å². The van der Waals surface area contributed by atoms with Gasteiger partial charge in [0.1, 0.15) is 11.8 Å². The summed E-state index contributed by atoms with van der Waals surface area (Å²) in [4.78, 5) is 23.5. The Bertz CT molecular complexity index is 519. The van der Waals surface area contributed by atoms with Gasteiger partial charge >= 0.3 is 0 Å². The van der Waals surface area contributed by atoms with Crippen molar-refractivity contribution in [1.29, 1.82) is 0 Å². The van der Waals surface area contributed by atoms with Crippen LogP contribution in [0.3, 0.4) is 0 Å². The summed E-state index contributed by atoms with van der Waals surface area (Å²) >= 11 is 0. The lowest BCUT2D eigenvalue weighted by Gasteiger charge is -2.01. The maximum Gasteiger partial charge on any atom is 0.165 e. The number of carbonyl (C=O) groups is 1. The molecule has 0 aliphatic carbocycles. The Morgan fingerprint density at radius 3 is 3.00 bits per heavy atom. The Morgan fingerprint density at radius 1 is 1.44 bits per heavy atom. The molecule has 0 amide bonds. The summed E-state index contributed by atoms with van der Waals surface area (Å²) in [5.74, 6) is 0.505. The predicted molar refractivity (Wildman–Crippen MR) is 59.7 cm³/mol. The molecule has 0 atom stereocenters. The van der Waals surface area contributed by atoms with E-state index in [0.717, 1.165) is 6.42 Å². The second-order valence-corrected chi connectivity index (χ2v) is 3.59. The minimum absolute atomic E-state index is 0.166. The molecule has 0 spiro atoms. The highest BCUT2D eigenvalue weighted by Crippen LogP contribution is 2.14. The van der Waals surface area contributed by atoms with E-state index in [-0.39, 0.29) is 5.78 Å². The number of imidazole rings is 1. The van der Waals surface area contributed by atoms with Crippen LogP contribution in [0.25, 0.3) is 11.2 Å². The van der Waals surface area contributed by atoms with Gasteiger partial charge in [-0.15, -0.1) is 0 Å². The van der Waals surface area contributed by atoms with Gasteiger partial charge in [-0.25, -0.2) is 15.0 Å². The Labute approximate surface area is 92.5 Å². The van der Waals surface area contributed by atoms with Gasteiger partial charge in [0.25, 0.3) is 0 Å². The van der Waals surface area contributed by atoms with E-state index in [4.69, 9.17) is 5.73 Å². The number of nitrogens with two attached hydrogens (primary N) is 1. The van der Waals surface area contributed by atoms with Crippen LogP contribution in [0.15, 0.2) is 12.7 Å². The van der Waals surface area contributed by atoms with Gasteiger partial charge in [-0.3, -0.25) is 4.79 Å². The highest BCUT2D eigenvalue weighted by Gasteiger charge is 2.09. The predicted octanol–water partition coefficient (Wildman–Crippen LogP) is 0.778. The molecule has 0 bridgehead atoms. The maximum atomic E-state index is 11.5. The fourth-order valence-electron chi connectivity index (χ4n) is 1.56. The van der Waals surface area contributed by atoms with E-state index in [2.05, 4.69) is 15.0 Å². The molecule has 2 aromatic heterocycles. The first-order valence-corrected chi connectivity index (χ1v) is 5.15. The van der Waals surface area contributed by atoms with Crippen molar-refractivity contribution >= 4 is 22.8 Å². The first kappa shape index (κ1) is 10.5. The monoisotopic (exact) mass is 219 g/mol. The van der Waals surface area contributed by atoms with Crippen LogP contribution in [0.5, 0.6) is 0 Å². The van der Waals surface area contributed by atoms with Crippen LogP contribution < -0.4 is 5.73 Å². The topological polar surface area (TPSA) is 86.7 Å². The zero-order valence-electron chi connectivity index (χ0n) is 9.05. The molecule has 0 unspecified atom stereocenters.